The average molecular weight is 457 g/mol. The quantitative estimate of drug-likeness (QED) is 0.590. The Balaban J connectivity index is 1.85. The van der Waals surface area contributed by atoms with Gasteiger partial charge in [0.05, 0.1) is 34.9 Å². The molecule has 0 saturated carbocycles. The third-order valence-corrected chi connectivity index (χ3v) is 5.16. The first kappa shape index (κ1) is 22.0. The van der Waals surface area contributed by atoms with Crippen molar-refractivity contribution >= 4 is 46.2 Å². The lowest BCUT2D eigenvalue weighted by Gasteiger charge is -2.09. The standard InChI is InChI=1S/C20H16ClF3N2O3S/c1-3-29-15-7-4-11(8-16(15)28-2)9-17-18(27)26-19(30-17)25-12-5-6-14(21)13(10-12)20(22,23)24/h4-10H,3H2,1-2H3,(H,25,26,27)/b17-9-. The van der Waals surface area contributed by atoms with Gasteiger partial charge in [0.2, 0.25) is 0 Å². The number of nitrogens with zero attached hydrogens (tertiary/aromatic N) is 1. The van der Waals surface area contributed by atoms with E-state index in [1.54, 1.807) is 24.3 Å². The number of alkyl halides is 3. The van der Waals surface area contributed by atoms with Gasteiger partial charge < -0.3 is 14.8 Å². The molecule has 1 heterocycles. The molecule has 2 aromatic carbocycles. The Morgan fingerprint density at radius 1 is 1.20 bits per heavy atom. The van der Waals surface area contributed by atoms with Gasteiger partial charge >= 0.3 is 6.18 Å². The van der Waals surface area contributed by atoms with Crippen LogP contribution < -0.4 is 14.8 Å². The molecule has 0 atom stereocenters. The van der Waals surface area contributed by atoms with E-state index in [-0.39, 0.29) is 10.9 Å². The maximum atomic E-state index is 13.0. The lowest BCUT2D eigenvalue weighted by atomic mass is 10.2. The van der Waals surface area contributed by atoms with Crippen molar-refractivity contribution in [3.05, 3.63) is 57.5 Å². The topological polar surface area (TPSA) is 59.9 Å². The Kier molecular flexibility index (Phi) is 6.62. The Morgan fingerprint density at radius 2 is 1.97 bits per heavy atom. The van der Waals surface area contributed by atoms with E-state index in [4.69, 9.17) is 21.1 Å². The molecule has 0 unspecified atom stereocenters. The van der Waals surface area contributed by atoms with Gasteiger partial charge in [0, 0.05) is 0 Å². The predicted molar refractivity (Wildman–Crippen MR) is 111 cm³/mol. The van der Waals surface area contributed by atoms with Crippen molar-refractivity contribution in [1.29, 1.82) is 0 Å². The van der Waals surface area contributed by atoms with Crippen LogP contribution in [0.2, 0.25) is 5.02 Å². The number of amides is 1. The first-order valence-electron chi connectivity index (χ1n) is 8.68. The summed E-state index contributed by atoms with van der Waals surface area (Å²) >= 11 is 6.64. The van der Waals surface area contributed by atoms with E-state index in [2.05, 4.69) is 10.3 Å². The minimum atomic E-state index is -4.60. The molecule has 158 valence electrons. The Labute approximate surface area is 179 Å². The SMILES string of the molecule is CCOc1ccc(/C=C2\SC(=Nc3ccc(Cl)c(C(F)(F)F)c3)NC2=O)cc1OC. The number of halogens is 4. The van der Waals surface area contributed by atoms with Crippen molar-refractivity contribution in [2.75, 3.05) is 13.7 Å². The number of aliphatic imine (C=N–C) groups is 1. The molecule has 1 N–H and O–H groups in total. The summed E-state index contributed by atoms with van der Waals surface area (Å²) in [5.74, 6) is 0.692. The molecule has 1 aliphatic rings. The van der Waals surface area contributed by atoms with Gasteiger partial charge in [-0.1, -0.05) is 17.7 Å². The number of thioether (sulfide) groups is 1. The lowest BCUT2D eigenvalue weighted by molar-refractivity contribution is -0.137. The van der Waals surface area contributed by atoms with E-state index in [0.29, 0.717) is 28.6 Å². The van der Waals surface area contributed by atoms with Crippen molar-refractivity contribution in [1.82, 2.24) is 5.32 Å². The third kappa shape index (κ3) is 5.09. The number of carbonyl (C=O) groups excluding carboxylic acids is 1. The van der Waals surface area contributed by atoms with Gasteiger partial charge in [0.1, 0.15) is 0 Å². The van der Waals surface area contributed by atoms with Crippen LogP contribution >= 0.6 is 23.4 Å². The van der Waals surface area contributed by atoms with Crippen LogP contribution in [0.15, 0.2) is 46.3 Å². The van der Waals surface area contributed by atoms with Gasteiger partial charge in [0.25, 0.3) is 5.91 Å². The minimum Gasteiger partial charge on any atom is -0.493 e. The van der Waals surface area contributed by atoms with Crippen molar-refractivity contribution in [2.45, 2.75) is 13.1 Å². The second kappa shape index (κ2) is 9.01. The molecule has 0 aliphatic carbocycles. The molecule has 1 saturated heterocycles. The molecule has 1 aliphatic heterocycles. The van der Waals surface area contributed by atoms with Crippen LogP contribution in [-0.4, -0.2) is 24.8 Å². The number of rotatable bonds is 5. The number of hydrogen-bond donors (Lipinski definition) is 1. The van der Waals surface area contributed by atoms with Crippen molar-refractivity contribution in [2.24, 2.45) is 4.99 Å². The van der Waals surface area contributed by atoms with Crippen LogP contribution in [0.3, 0.4) is 0 Å². The van der Waals surface area contributed by atoms with E-state index in [0.717, 1.165) is 23.9 Å². The van der Waals surface area contributed by atoms with Crippen LogP contribution in [0.5, 0.6) is 11.5 Å². The van der Waals surface area contributed by atoms with Gasteiger partial charge in [-0.25, -0.2) is 4.99 Å². The summed E-state index contributed by atoms with van der Waals surface area (Å²) in [6.07, 6.45) is -2.97. The van der Waals surface area contributed by atoms with Crippen LogP contribution in [0, 0.1) is 0 Å². The number of nitrogens with one attached hydrogen (secondary N) is 1. The molecular weight excluding hydrogens is 441 g/mol. The molecule has 5 nitrogen and oxygen atoms in total. The lowest BCUT2D eigenvalue weighted by Crippen LogP contribution is -2.19. The fourth-order valence-corrected chi connectivity index (χ4v) is 3.66. The highest BCUT2D eigenvalue weighted by Gasteiger charge is 2.33. The Hall–Kier alpha value is -2.65. The smallest absolute Gasteiger partial charge is 0.417 e. The highest BCUT2D eigenvalue weighted by atomic mass is 35.5. The molecule has 0 aromatic heterocycles. The molecular formula is C20H16ClF3N2O3S. The number of methoxy groups -OCH3 is 1. The molecule has 2 aromatic rings. The molecule has 0 radical (unpaired) electrons. The first-order valence-corrected chi connectivity index (χ1v) is 9.88. The van der Waals surface area contributed by atoms with Crippen LogP contribution in [0.1, 0.15) is 18.1 Å². The van der Waals surface area contributed by atoms with Crippen LogP contribution in [-0.2, 0) is 11.0 Å². The third-order valence-electron chi connectivity index (χ3n) is 3.92. The highest BCUT2D eigenvalue weighted by molar-refractivity contribution is 8.18. The summed E-state index contributed by atoms with van der Waals surface area (Å²) in [7, 11) is 1.51. The zero-order valence-electron chi connectivity index (χ0n) is 15.8. The fourth-order valence-electron chi connectivity index (χ4n) is 2.60. The van der Waals surface area contributed by atoms with Crippen LogP contribution in [0.4, 0.5) is 18.9 Å². The summed E-state index contributed by atoms with van der Waals surface area (Å²) in [4.78, 5) is 16.7. The summed E-state index contributed by atoms with van der Waals surface area (Å²) < 4.78 is 49.8. The van der Waals surface area contributed by atoms with Gasteiger partial charge in [0.15, 0.2) is 16.7 Å². The zero-order chi connectivity index (χ0) is 21.9. The maximum Gasteiger partial charge on any atom is 0.417 e. The van der Waals surface area contributed by atoms with Crippen molar-refractivity contribution in [3.8, 4) is 11.5 Å². The normalized spacial score (nSPS) is 16.8. The second-order valence-electron chi connectivity index (χ2n) is 5.99. The number of hydrogen-bond acceptors (Lipinski definition) is 5. The second-order valence-corrected chi connectivity index (χ2v) is 7.42. The number of benzene rings is 2. The Bertz CT molecular complexity index is 1040. The van der Waals surface area contributed by atoms with E-state index in [1.807, 2.05) is 6.92 Å². The molecule has 10 heteroatoms. The minimum absolute atomic E-state index is 0.0264. The molecule has 30 heavy (non-hydrogen) atoms. The molecule has 3 rings (SSSR count). The summed E-state index contributed by atoms with van der Waals surface area (Å²) in [5, 5.41) is 2.29. The van der Waals surface area contributed by atoms with Crippen molar-refractivity contribution < 1.29 is 27.4 Å². The molecule has 0 spiro atoms. The van der Waals surface area contributed by atoms with Gasteiger partial charge in [-0.15, -0.1) is 0 Å². The molecule has 1 amide bonds. The zero-order valence-corrected chi connectivity index (χ0v) is 17.4. The Morgan fingerprint density at radius 3 is 2.63 bits per heavy atom. The van der Waals surface area contributed by atoms with Crippen LogP contribution in [0.25, 0.3) is 6.08 Å². The van der Waals surface area contributed by atoms with Gasteiger partial charge in [-0.05, 0) is 60.7 Å². The van der Waals surface area contributed by atoms with E-state index >= 15 is 0 Å². The van der Waals surface area contributed by atoms with E-state index in [1.165, 1.54) is 13.2 Å². The number of ether oxygens (including phenoxy) is 2. The van der Waals surface area contributed by atoms with Gasteiger partial charge in [-0.3, -0.25) is 4.79 Å². The number of carbonyl (C=O) groups is 1. The maximum absolute atomic E-state index is 13.0. The van der Waals surface area contributed by atoms with E-state index < -0.39 is 22.7 Å². The highest BCUT2D eigenvalue weighted by Crippen LogP contribution is 2.38. The average Bonchev–Trinajstić information content (AvgIpc) is 3.02. The summed E-state index contributed by atoms with van der Waals surface area (Å²) in [6, 6.07) is 8.51. The fraction of sp³-hybridized carbons (Fsp3) is 0.200. The summed E-state index contributed by atoms with van der Waals surface area (Å²) in [6.45, 7) is 2.34. The predicted octanol–water partition coefficient (Wildman–Crippen LogP) is 5.66. The largest absolute Gasteiger partial charge is 0.493 e. The monoisotopic (exact) mass is 456 g/mol. The first-order chi connectivity index (χ1) is 14.2. The summed E-state index contributed by atoms with van der Waals surface area (Å²) in [5.41, 5.74) is -0.267. The van der Waals surface area contributed by atoms with E-state index in [9.17, 15) is 18.0 Å². The molecule has 0 bridgehead atoms. The van der Waals surface area contributed by atoms with Crippen molar-refractivity contribution in [3.63, 3.8) is 0 Å². The molecule has 1 fully saturated rings. The number of amidine groups is 1. The van der Waals surface area contributed by atoms with Gasteiger partial charge in [-0.2, -0.15) is 13.2 Å².